The van der Waals surface area contributed by atoms with Crippen molar-refractivity contribution < 1.29 is 27.1 Å². The Balaban J connectivity index is 2.42. The Morgan fingerprint density at radius 3 is 2.00 bits per heavy atom. The lowest BCUT2D eigenvalue weighted by Crippen LogP contribution is -2.13. The van der Waals surface area contributed by atoms with Crippen LogP contribution in [0.15, 0.2) is 12.3 Å². The van der Waals surface area contributed by atoms with Gasteiger partial charge in [0.15, 0.2) is 23.3 Å². The first-order valence-corrected chi connectivity index (χ1v) is 5.50. The molecule has 3 nitrogen and oxygen atoms in total. The molecule has 0 aliphatic rings. The topological polar surface area (TPSA) is 38.0 Å². The first-order chi connectivity index (χ1) is 9.32. The molecule has 0 aliphatic carbocycles. The van der Waals surface area contributed by atoms with E-state index in [-0.39, 0.29) is 12.1 Å². The second-order valence-corrected chi connectivity index (χ2v) is 4.18. The molecule has 0 bridgehead atoms. The van der Waals surface area contributed by atoms with E-state index in [4.69, 9.17) is 0 Å². The highest BCUT2D eigenvalue weighted by Crippen LogP contribution is 2.29. The highest BCUT2D eigenvalue weighted by atomic mass is 19.2. The lowest BCUT2D eigenvalue weighted by molar-refractivity contribution is 0.162. The van der Waals surface area contributed by atoms with E-state index in [2.05, 4.69) is 5.10 Å². The van der Waals surface area contributed by atoms with E-state index >= 15 is 0 Å². The molecule has 1 atom stereocenters. The summed E-state index contributed by atoms with van der Waals surface area (Å²) in [5, 5.41) is 13.5. The van der Waals surface area contributed by atoms with Gasteiger partial charge in [0.1, 0.15) is 0 Å². The van der Waals surface area contributed by atoms with Gasteiger partial charge in [-0.2, -0.15) is 5.10 Å². The Bertz CT molecular complexity index is 627. The molecule has 2 aromatic rings. The van der Waals surface area contributed by atoms with Crippen LogP contribution in [0.25, 0.3) is 0 Å². The van der Waals surface area contributed by atoms with Crippen LogP contribution in [0.1, 0.15) is 17.4 Å². The highest BCUT2D eigenvalue weighted by Gasteiger charge is 2.29. The average molecular weight is 292 g/mol. The van der Waals surface area contributed by atoms with Gasteiger partial charge in [-0.15, -0.1) is 0 Å². The van der Waals surface area contributed by atoms with Crippen molar-refractivity contribution in [3.8, 4) is 0 Å². The summed E-state index contributed by atoms with van der Waals surface area (Å²) in [6.07, 6.45) is -0.755. The molecule has 1 unspecified atom stereocenters. The Morgan fingerprint density at radius 1 is 1.05 bits per heavy atom. The van der Waals surface area contributed by atoms with Crippen molar-refractivity contribution in [2.75, 3.05) is 0 Å². The number of benzene rings is 1. The van der Waals surface area contributed by atoms with Gasteiger partial charge in [0.2, 0.25) is 5.82 Å². The number of aromatic nitrogens is 2. The SMILES string of the molecule is Cn1ccc(CC(O)c2c(F)c(F)c(F)c(F)c2F)n1. The Labute approximate surface area is 110 Å². The fraction of sp³-hybridized carbons (Fsp3) is 0.250. The zero-order valence-corrected chi connectivity index (χ0v) is 10.2. The van der Waals surface area contributed by atoms with Gasteiger partial charge in [0.05, 0.1) is 17.4 Å². The normalized spacial score (nSPS) is 12.8. The zero-order valence-electron chi connectivity index (χ0n) is 10.2. The molecule has 1 aromatic carbocycles. The predicted octanol–water partition coefficient (Wildman–Crippen LogP) is 2.39. The Hall–Kier alpha value is -1.96. The molecule has 8 heteroatoms. The van der Waals surface area contributed by atoms with Crippen LogP contribution in [-0.4, -0.2) is 14.9 Å². The van der Waals surface area contributed by atoms with Crippen LogP contribution in [0.3, 0.4) is 0 Å². The summed E-state index contributed by atoms with van der Waals surface area (Å²) >= 11 is 0. The number of hydrogen-bond acceptors (Lipinski definition) is 2. The minimum atomic E-state index is -2.26. The van der Waals surface area contributed by atoms with Crippen molar-refractivity contribution in [2.45, 2.75) is 12.5 Å². The molecule has 1 heterocycles. The molecule has 0 saturated carbocycles. The fourth-order valence-electron chi connectivity index (χ4n) is 1.79. The molecule has 1 aromatic heterocycles. The van der Waals surface area contributed by atoms with Crippen LogP contribution in [0.2, 0.25) is 0 Å². The standard InChI is InChI=1S/C12H9F5N2O/c1-19-3-2-5(18-19)4-6(20)7-8(13)10(15)12(17)11(16)9(7)14/h2-3,6,20H,4H2,1H3. The van der Waals surface area contributed by atoms with E-state index in [1.807, 2.05) is 0 Å². The molecule has 0 spiro atoms. The lowest BCUT2D eigenvalue weighted by atomic mass is 10.0. The number of rotatable bonds is 3. The molecule has 0 aliphatic heterocycles. The second kappa shape index (κ2) is 5.20. The second-order valence-electron chi connectivity index (χ2n) is 4.18. The van der Waals surface area contributed by atoms with Crippen LogP contribution >= 0.6 is 0 Å². The maximum absolute atomic E-state index is 13.5. The average Bonchev–Trinajstić information content (AvgIpc) is 2.79. The van der Waals surface area contributed by atoms with Crippen LogP contribution in [-0.2, 0) is 13.5 Å². The summed E-state index contributed by atoms with van der Waals surface area (Å²) < 4.78 is 67.2. The van der Waals surface area contributed by atoms with Crippen molar-refractivity contribution in [1.82, 2.24) is 9.78 Å². The summed E-state index contributed by atoms with van der Waals surface area (Å²) in [5.41, 5.74) is -1.00. The number of halogens is 5. The van der Waals surface area contributed by atoms with E-state index in [0.717, 1.165) is 0 Å². The van der Waals surface area contributed by atoms with Gasteiger partial charge in [-0.05, 0) is 6.07 Å². The van der Waals surface area contributed by atoms with Gasteiger partial charge in [-0.25, -0.2) is 22.0 Å². The molecule has 0 saturated heterocycles. The molecular formula is C12H9F5N2O. The van der Waals surface area contributed by atoms with E-state index in [1.54, 1.807) is 7.05 Å². The minimum Gasteiger partial charge on any atom is -0.388 e. The van der Waals surface area contributed by atoms with Crippen LogP contribution in [0, 0.1) is 29.1 Å². The maximum atomic E-state index is 13.5. The van der Waals surface area contributed by atoms with Crippen molar-refractivity contribution >= 4 is 0 Å². The number of aliphatic hydroxyl groups is 1. The highest BCUT2D eigenvalue weighted by molar-refractivity contribution is 5.27. The smallest absolute Gasteiger partial charge is 0.200 e. The van der Waals surface area contributed by atoms with Crippen LogP contribution < -0.4 is 0 Å². The number of nitrogens with zero attached hydrogens (tertiary/aromatic N) is 2. The molecule has 0 fully saturated rings. The summed E-state index contributed by atoms with van der Waals surface area (Å²) in [5.74, 6) is -10.5. The monoisotopic (exact) mass is 292 g/mol. The first-order valence-electron chi connectivity index (χ1n) is 5.50. The third-order valence-corrected chi connectivity index (χ3v) is 2.75. The third kappa shape index (κ3) is 2.38. The number of hydrogen-bond donors (Lipinski definition) is 1. The van der Waals surface area contributed by atoms with Crippen LogP contribution in [0.5, 0.6) is 0 Å². The van der Waals surface area contributed by atoms with Crippen LogP contribution in [0.4, 0.5) is 22.0 Å². The molecule has 0 radical (unpaired) electrons. The molecule has 1 N–H and O–H groups in total. The van der Waals surface area contributed by atoms with Gasteiger partial charge in [0.25, 0.3) is 0 Å². The predicted molar refractivity (Wildman–Crippen MR) is 58.1 cm³/mol. The fourth-order valence-corrected chi connectivity index (χ4v) is 1.79. The van der Waals surface area contributed by atoms with E-state index in [1.165, 1.54) is 16.9 Å². The van der Waals surface area contributed by atoms with Gasteiger partial charge >= 0.3 is 0 Å². The molecule has 20 heavy (non-hydrogen) atoms. The van der Waals surface area contributed by atoms with Crippen molar-refractivity contribution in [3.05, 3.63) is 52.6 Å². The Morgan fingerprint density at radius 2 is 1.55 bits per heavy atom. The van der Waals surface area contributed by atoms with E-state index in [9.17, 15) is 27.1 Å². The summed E-state index contributed by atoms with van der Waals surface area (Å²) in [7, 11) is 1.58. The van der Waals surface area contributed by atoms with Gasteiger partial charge < -0.3 is 5.11 Å². The van der Waals surface area contributed by atoms with E-state index < -0.39 is 40.8 Å². The van der Waals surface area contributed by atoms with Gasteiger partial charge in [-0.1, -0.05) is 0 Å². The van der Waals surface area contributed by atoms with Crippen molar-refractivity contribution in [1.29, 1.82) is 0 Å². The molecule has 0 amide bonds. The molecule has 108 valence electrons. The molecule has 2 rings (SSSR count). The third-order valence-electron chi connectivity index (χ3n) is 2.75. The Kier molecular flexibility index (Phi) is 3.76. The van der Waals surface area contributed by atoms with Gasteiger partial charge in [0, 0.05) is 19.7 Å². The maximum Gasteiger partial charge on any atom is 0.200 e. The summed E-state index contributed by atoms with van der Waals surface area (Å²) in [6.45, 7) is 0. The summed E-state index contributed by atoms with van der Waals surface area (Å²) in [4.78, 5) is 0. The molecular weight excluding hydrogens is 283 g/mol. The van der Waals surface area contributed by atoms with Crippen molar-refractivity contribution in [2.24, 2.45) is 7.05 Å². The number of aliphatic hydroxyl groups excluding tert-OH is 1. The van der Waals surface area contributed by atoms with Crippen molar-refractivity contribution in [3.63, 3.8) is 0 Å². The number of aryl methyl sites for hydroxylation is 1. The first kappa shape index (κ1) is 14.4. The summed E-state index contributed by atoms with van der Waals surface area (Å²) in [6, 6.07) is 1.45. The zero-order chi connectivity index (χ0) is 15.0. The van der Waals surface area contributed by atoms with E-state index in [0.29, 0.717) is 0 Å². The van der Waals surface area contributed by atoms with Gasteiger partial charge in [-0.3, -0.25) is 4.68 Å². The lowest BCUT2D eigenvalue weighted by Gasteiger charge is -2.13. The quantitative estimate of drug-likeness (QED) is 0.536. The largest absolute Gasteiger partial charge is 0.388 e. The minimum absolute atomic E-state index is 0.254.